The van der Waals surface area contributed by atoms with Crippen molar-refractivity contribution < 1.29 is 0 Å². The molecule has 1 aromatic rings. The third-order valence-corrected chi connectivity index (χ3v) is 1.67. The van der Waals surface area contributed by atoms with Gasteiger partial charge >= 0.3 is 0 Å². The molecule has 0 aliphatic carbocycles. The van der Waals surface area contributed by atoms with Gasteiger partial charge in [-0.05, 0) is 24.1 Å². The third-order valence-electron chi connectivity index (χ3n) is 1.67. The molecular formula is C9H12N2O. The Balaban J connectivity index is 2.64. The second kappa shape index (κ2) is 4.49. The van der Waals surface area contributed by atoms with E-state index < -0.39 is 0 Å². The molecule has 0 aromatic heterocycles. The second-order valence-corrected chi connectivity index (χ2v) is 2.65. The Morgan fingerprint density at radius 1 is 1.33 bits per heavy atom. The Morgan fingerprint density at radius 3 is 2.50 bits per heavy atom. The van der Waals surface area contributed by atoms with Crippen molar-refractivity contribution in [1.82, 2.24) is 0 Å². The zero-order chi connectivity index (χ0) is 8.81. The number of hydrogen-bond donors (Lipinski definition) is 1. The largest absolute Gasteiger partial charge is 0.242 e. The van der Waals surface area contributed by atoms with Gasteiger partial charge in [0.25, 0.3) is 0 Å². The number of hydrogen-bond acceptors (Lipinski definition) is 2. The number of nitroso groups, excluding NO2 is 1. The summed E-state index contributed by atoms with van der Waals surface area (Å²) in [5.41, 5.74) is 4.37. The zero-order valence-electron chi connectivity index (χ0n) is 7.08. The van der Waals surface area contributed by atoms with E-state index in [1.807, 2.05) is 24.3 Å². The summed E-state index contributed by atoms with van der Waals surface area (Å²) in [6.07, 6.45) is 2.22. The van der Waals surface area contributed by atoms with Gasteiger partial charge in [0.15, 0.2) is 0 Å². The fourth-order valence-electron chi connectivity index (χ4n) is 1.09. The van der Waals surface area contributed by atoms with Crippen LogP contribution in [0.2, 0.25) is 0 Å². The zero-order valence-corrected chi connectivity index (χ0v) is 7.08. The highest BCUT2D eigenvalue weighted by molar-refractivity contribution is 5.43. The van der Waals surface area contributed by atoms with Crippen LogP contribution in [0.4, 0.5) is 5.69 Å². The first-order valence-corrected chi connectivity index (χ1v) is 4.04. The molecule has 1 rings (SSSR count). The number of nitrogens with zero attached hydrogens (tertiary/aromatic N) is 1. The molecule has 0 heterocycles. The van der Waals surface area contributed by atoms with E-state index in [1.54, 1.807) is 0 Å². The molecule has 0 saturated carbocycles. The van der Waals surface area contributed by atoms with Gasteiger partial charge in [0.2, 0.25) is 0 Å². The smallest absolute Gasteiger partial charge is 0.0594 e. The monoisotopic (exact) mass is 164 g/mol. The highest BCUT2D eigenvalue weighted by Crippen LogP contribution is 2.10. The highest BCUT2D eigenvalue weighted by Gasteiger charge is 1.91. The van der Waals surface area contributed by atoms with Crippen LogP contribution in [-0.2, 0) is 6.42 Å². The standard InChI is InChI=1S/C9H12N2O/c1-2-3-8-4-6-9(7-5-8)10-11-12/h4-7H,2-3H2,1H3,(H,10,12). The van der Waals surface area contributed by atoms with Gasteiger partial charge in [-0.25, -0.2) is 5.43 Å². The molecule has 0 aliphatic heterocycles. The fraction of sp³-hybridized carbons (Fsp3) is 0.333. The van der Waals surface area contributed by atoms with E-state index in [4.69, 9.17) is 0 Å². The lowest BCUT2D eigenvalue weighted by Gasteiger charge is -1.99. The second-order valence-electron chi connectivity index (χ2n) is 2.65. The molecule has 0 aliphatic rings. The van der Waals surface area contributed by atoms with Crippen molar-refractivity contribution in [3.05, 3.63) is 34.7 Å². The Kier molecular flexibility index (Phi) is 3.26. The molecule has 0 radical (unpaired) electrons. The summed E-state index contributed by atoms with van der Waals surface area (Å²) in [4.78, 5) is 9.82. The Labute approximate surface area is 71.7 Å². The minimum atomic E-state index is 0.741. The quantitative estimate of drug-likeness (QED) is 0.549. The molecule has 64 valence electrons. The van der Waals surface area contributed by atoms with Crippen molar-refractivity contribution in [2.24, 2.45) is 5.29 Å². The van der Waals surface area contributed by atoms with Crippen molar-refractivity contribution in [3.63, 3.8) is 0 Å². The average Bonchev–Trinajstić information content (AvgIpc) is 2.09. The predicted molar refractivity (Wildman–Crippen MR) is 49.9 cm³/mol. The van der Waals surface area contributed by atoms with Crippen LogP contribution in [0, 0.1) is 4.91 Å². The van der Waals surface area contributed by atoms with Gasteiger partial charge in [-0.2, -0.15) is 0 Å². The summed E-state index contributed by atoms with van der Waals surface area (Å²) < 4.78 is 0. The van der Waals surface area contributed by atoms with Crippen molar-refractivity contribution >= 4 is 5.69 Å². The van der Waals surface area contributed by atoms with Crippen molar-refractivity contribution in [2.75, 3.05) is 5.43 Å². The molecule has 3 nitrogen and oxygen atoms in total. The van der Waals surface area contributed by atoms with E-state index in [-0.39, 0.29) is 0 Å². The van der Waals surface area contributed by atoms with E-state index >= 15 is 0 Å². The number of rotatable bonds is 4. The molecule has 0 amide bonds. The van der Waals surface area contributed by atoms with Crippen LogP contribution < -0.4 is 5.43 Å². The molecule has 0 unspecified atom stereocenters. The third kappa shape index (κ3) is 2.34. The maximum Gasteiger partial charge on any atom is 0.0594 e. The molecule has 3 heteroatoms. The topological polar surface area (TPSA) is 41.5 Å². The van der Waals surface area contributed by atoms with Crippen LogP contribution >= 0.6 is 0 Å². The van der Waals surface area contributed by atoms with Crippen molar-refractivity contribution in [2.45, 2.75) is 19.8 Å². The molecule has 0 spiro atoms. The Morgan fingerprint density at radius 2 is 2.00 bits per heavy atom. The van der Waals surface area contributed by atoms with Crippen molar-refractivity contribution in [1.29, 1.82) is 0 Å². The van der Waals surface area contributed by atoms with E-state index in [9.17, 15) is 4.91 Å². The maximum absolute atomic E-state index is 9.82. The number of benzene rings is 1. The highest BCUT2D eigenvalue weighted by atomic mass is 16.3. The van der Waals surface area contributed by atoms with Crippen LogP contribution in [0.3, 0.4) is 0 Å². The van der Waals surface area contributed by atoms with Crippen LogP contribution in [0.15, 0.2) is 29.6 Å². The van der Waals surface area contributed by atoms with Gasteiger partial charge in [-0.15, -0.1) is 4.91 Å². The van der Waals surface area contributed by atoms with Crippen molar-refractivity contribution in [3.8, 4) is 0 Å². The average molecular weight is 164 g/mol. The summed E-state index contributed by atoms with van der Waals surface area (Å²) in [6, 6.07) is 7.70. The predicted octanol–water partition coefficient (Wildman–Crippen LogP) is 2.73. The number of nitrogens with one attached hydrogen (secondary N) is 1. The van der Waals surface area contributed by atoms with E-state index in [2.05, 4.69) is 17.6 Å². The molecule has 0 atom stereocenters. The van der Waals surface area contributed by atoms with Gasteiger partial charge in [0.05, 0.1) is 11.0 Å². The van der Waals surface area contributed by atoms with Crippen LogP contribution in [0.1, 0.15) is 18.9 Å². The Hall–Kier alpha value is -1.38. The lowest BCUT2D eigenvalue weighted by molar-refractivity contribution is 0.922. The summed E-state index contributed by atoms with van der Waals surface area (Å²) >= 11 is 0. The van der Waals surface area contributed by atoms with Gasteiger partial charge in [-0.3, -0.25) is 0 Å². The van der Waals surface area contributed by atoms with E-state index in [0.29, 0.717) is 0 Å². The molecule has 0 saturated heterocycles. The van der Waals surface area contributed by atoms with Crippen LogP contribution in [-0.4, -0.2) is 0 Å². The fourth-order valence-corrected chi connectivity index (χ4v) is 1.09. The summed E-state index contributed by atoms with van der Waals surface area (Å²) in [5.74, 6) is 0. The van der Waals surface area contributed by atoms with E-state index in [0.717, 1.165) is 18.5 Å². The lowest BCUT2D eigenvalue weighted by atomic mass is 10.1. The van der Waals surface area contributed by atoms with Crippen LogP contribution in [0.5, 0.6) is 0 Å². The SMILES string of the molecule is CCCc1ccc(NN=O)cc1. The normalized spacial score (nSPS) is 9.42. The first-order chi connectivity index (χ1) is 5.86. The Bertz CT molecular complexity index is 243. The minimum absolute atomic E-state index is 0.741. The minimum Gasteiger partial charge on any atom is -0.242 e. The molecule has 0 bridgehead atoms. The molecular weight excluding hydrogens is 152 g/mol. The number of anilines is 1. The maximum atomic E-state index is 9.82. The summed E-state index contributed by atoms with van der Waals surface area (Å²) in [5, 5.41) is 2.58. The summed E-state index contributed by atoms with van der Waals surface area (Å²) in [6.45, 7) is 2.14. The molecule has 12 heavy (non-hydrogen) atoms. The first-order valence-electron chi connectivity index (χ1n) is 4.04. The molecule has 1 aromatic carbocycles. The lowest BCUT2D eigenvalue weighted by Crippen LogP contribution is -1.87. The van der Waals surface area contributed by atoms with Gasteiger partial charge < -0.3 is 0 Å². The molecule has 0 fully saturated rings. The van der Waals surface area contributed by atoms with Crippen LogP contribution in [0.25, 0.3) is 0 Å². The van der Waals surface area contributed by atoms with Gasteiger partial charge in [-0.1, -0.05) is 25.5 Å². The van der Waals surface area contributed by atoms with Gasteiger partial charge in [0, 0.05) is 0 Å². The summed E-state index contributed by atoms with van der Waals surface area (Å²) in [7, 11) is 0. The van der Waals surface area contributed by atoms with E-state index in [1.165, 1.54) is 5.56 Å². The molecule has 1 N–H and O–H groups in total. The first kappa shape index (κ1) is 8.71. The van der Waals surface area contributed by atoms with Gasteiger partial charge in [0.1, 0.15) is 0 Å². The number of aryl methyl sites for hydroxylation is 1.